The number of carbonyl (C=O) groups excluding carboxylic acids is 1. The summed E-state index contributed by atoms with van der Waals surface area (Å²) >= 11 is 0. The number of methoxy groups -OCH3 is 1. The average Bonchev–Trinajstić information content (AvgIpc) is 2.43. The third kappa shape index (κ3) is 6.27. The van der Waals surface area contributed by atoms with E-state index in [1.165, 1.54) is 7.11 Å². The minimum absolute atomic E-state index is 0.120. The number of sulfone groups is 1. The van der Waals surface area contributed by atoms with Gasteiger partial charge in [0.05, 0.1) is 12.9 Å². The van der Waals surface area contributed by atoms with Crippen molar-refractivity contribution in [2.24, 2.45) is 0 Å². The maximum Gasteiger partial charge on any atom is 0.320 e. The molecule has 0 aliphatic rings. The highest BCUT2D eigenvalue weighted by Crippen LogP contribution is 2.16. The van der Waals surface area contributed by atoms with E-state index in [9.17, 15) is 13.2 Å². The number of aryl methyl sites for hydroxylation is 1. The van der Waals surface area contributed by atoms with Crippen LogP contribution in [0, 0.1) is 6.92 Å². The van der Waals surface area contributed by atoms with Gasteiger partial charge in [-0.25, -0.2) is 8.42 Å². The standard InChI is InChI=1S/C15H23NO4S/c1-4-9-16-14(13-7-5-12(2)6-8-13)10-21(18,19)11-15(17)20-3/h5-8,14,16H,4,9-11H2,1-3H3. The zero-order chi connectivity index (χ0) is 15.9. The van der Waals surface area contributed by atoms with Crippen LogP contribution < -0.4 is 5.32 Å². The smallest absolute Gasteiger partial charge is 0.320 e. The zero-order valence-corrected chi connectivity index (χ0v) is 13.6. The number of hydrogen-bond donors (Lipinski definition) is 1. The zero-order valence-electron chi connectivity index (χ0n) is 12.8. The minimum Gasteiger partial charge on any atom is -0.468 e. The molecule has 0 bridgehead atoms. The van der Waals surface area contributed by atoms with Gasteiger partial charge in [-0.05, 0) is 25.5 Å². The Balaban J connectivity index is 2.87. The van der Waals surface area contributed by atoms with Gasteiger partial charge < -0.3 is 10.1 Å². The molecule has 6 heteroatoms. The van der Waals surface area contributed by atoms with E-state index in [4.69, 9.17) is 0 Å². The molecule has 0 fully saturated rings. The third-order valence-corrected chi connectivity index (χ3v) is 4.62. The number of nitrogens with one attached hydrogen (secondary N) is 1. The molecule has 1 aromatic rings. The van der Waals surface area contributed by atoms with Crippen LogP contribution in [0.2, 0.25) is 0 Å². The molecule has 0 spiro atoms. The Kier molecular flexibility index (Phi) is 6.84. The first-order valence-corrected chi connectivity index (χ1v) is 8.77. The highest BCUT2D eigenvalue weighted by atomic mass is 32.2. The molecule has 0 amide bonds. The third-order valence-electron chi connectivity index (χ3n) is 3.11. The van der Waals surface area contributed by atoms with E-state index in [1.807, 2.05) is 38.1 Å². The Bertz CT molecular complexity index is 552. The second-order valence-electron chi connectivity index (χ2n) is 5.05. The topological polar surface area (TPSA) is 72.5 Å². The number of carbonyl (C=O) groups is 1. The number of rotatable bonds is 8. The van der Waals surface area contributed by atoms with Crippen LogP contribution in [0.3, 0.4) is 0 Å². The lowest BCUT2D eigenvalue weighted by Gasteiger charge is -2.19. The second kappa shape index (κ2) is 8.14. The highest BCUT2D eigenvalue weighted by molar-refractivity contribution is 7.92. The summed E-state index contributed by atoms with van der Waals surface area (Å²) in [6.45, 7) is 4.71. The van der Waals surface area contributed by atoms with Crippen LogP contribution in [-0.2, 0) is 19.4 Å². The molecule has 21 heavy (non-hydrogen) atoms. The summed E-state index contributed by atoms with van der Waals surface area (Å²) in [5, 5.41) is 3.22. The van der Waals surface area contributed by atoms with Crippen molar-refractivity contribution in [2.45, 2.75) is 26.3 Å². The van der Waals surface area contributed by atoms with Gasteiger partial charge in [0.1, 0.15) is 5.75 Å². The fourth-order valence-electron chi connectivity index (χ4n) is 1.94. The highest BCUT2D eigenvalue weighted by Gasteiger charge is 2.23. The van der Waals surface area contributed by atoms with Gasteiger partial charge in [-0.2, -0.15) is 0 Å². The molecular weight excluding hydrogens is 290 g/mol. The largest absolute Gasteiger partial charge is 0.468 e. The lowest BCUT2D eigenvalue weighted by atomic mass is 10.1. The molecule has 0 aromatic heterocycles. The van der Waals surface area contributed by atoms with E-state index < -0.39 is 21.6 Å². The van der Waals surface area contributed by atoms with Gasteiger partial charge in [0.15, 0.2) is 9.84 Å². The Morgan fingerprint density at radius 2 is 1.90 bits per heavy atom. The monoisotopic (exact) mass is 313 g/mol. The first-order valence-electron chi connectivity index (χ1n) is 6.95. The SMILES string of the molecule is CCCNC(CS(=O)(=O)CC(=O)OC)c1ccc(C)cc1. The van der Waals surface area contributed by atoms with Crippen LogP contribution in [0.1, 0.15) is 30.5 Å². The van der Waals surface area contributed by atoms with Crippen molar-refractivity contribution in [3.05, 3.63) is 35.4 Å². The van der Waals surface area contributed by atoms with Crippen LogP contribution in [0.25, 0.3) is 0 Å². The second-order valence-corrected chi connectivity index (χ2v) is 7.16. The fraction of sp³-hybridized carbons (Fsp3) is 0.533. The summed E-state index contributed by atoms with van der Waals surface area (Å²) in [6.07, 6.45) is 0.902. The Hall–Kier alpha value is -1.40. The van der Waals surface area contributed by atoms with Crippen molar-refractivity contribution in [1.82, 2.24) is 5.32 Å². The van der Waals surface area contributed by atoms with Gasteiger partial charge >= 0.3 is 5.97 Å². The van der Waals surface area contributed by atoms with E-state index >= 15 is 0 Å². The molecule has 1 aromatic carbocycles. The average molecular weight is 313 g/mol. The molecule has 5 nitrogen and oxygen atoms in total. The molecule has 0 saturated carbocycles. The first-order chi connectivity index (χ1) is 9.88. The molecule has 118 valence electrons. The summed E-state index contributed by atoms with van der Waals surface area (Å²) in [5.41, 5.74) is 2.02. The predicted octanol–water partition coefficient (Wildman–Crippen LogP) is 1.62. The summed E-state index contributed by atoms with van der Waals surface area (Å²) in [6, 6.07) is 7.40. The lowest BCUT2D eigenvalue weighted by Crippen LogP contribution is -2.31. The summed E-state index contributed by atoms with van der Waals surface area (Å²) in [5.74, 6) is -1.43. The van der Waals surface area contributed by atoms with Crippen molar-refractivity contribution in [3.8, 4) is 0 Å². The number of hydrogen-bond acceptors (Lipinski definition) is 5. The molecule has 1 atom stereocenters. The summed E-state index contributed by atoms with van der Waals surface area (Å²) in [7, 11) is -2.33. The quantitative estimate of drug-likeness (QED) is 0.738. The molecule has 0 radical (unpaired) electrons. The van der Waals surface area contributed by atoms with Gasteiger partial charge in [0.25, 0.3) is 0 Å². The number of esters is 1. The van der Waals surface area contributed by atoms with Crippen LogP contribution in [0.4, 0.5) is 0 Å². The molecule has 0 aliphatic heterocycles. The fourth-order valence-corrected chi connectivity index (χ4v) is 3.35. The lowest BCUT2D eigenvalue weighted by molar-refractivity contribution is -0.137. The molecule has 0 saturated heterocycles. The maximum absolute atomic E-state index is 12.1. The van der Waals surface area contributed by atoms with Crippen molar-refractivity contribution < 1.29 is 17.9 Å². The Labute approximate surface area is 126 Å². The van der Waals surface area contributed by atoms with Crippen molar-refractivity contribution in [2.75, 3.05) is 25.2 Å². The Morgan fingerprint density at radius 3 is 2.43 bits per heavy atom. The van der Waals surface area contributed by atoms with E-state index in [0.717, 1.165) is 17.5 Å². The summed E-state index contributed by atoms with van der Waals surface area (Å²) in [4.78, 5) is 11.2. The molecule has 1 rings (SSSR count). The summed E-state index contributed by atoms with van der Waals surface area (Å²) < 4.78 is 28.6. The van der Waals surface area contributed by atoms with Gasteiger partial charge in [0, 0.05) is 6.04 Å². The number of ether oxygens (including phenoxy) is 1. The first kappa shape index (κ1) is 17.7. The van der Waals surface area contributed by atoms with E-state index in [-0.39, 0.29) is 11.8 Å². The maximum atomic E-state index is 12.1. The van der Waals surface area contributed by atoms with Crippen molar-refractivity contribution >= 4 is 15.8 Å². The van der Waals surface area contributed by atoms with Gasteiger partial charge in [-0.1, -0.05) is 36.8 Å². The van der Waals surface area contributed by atoms with Gasteiger partial charge in [0.2, 0.25) is 0 Å². The molecule has 1 unspecified atom stereocenters. The van der Waals surface area contributed by atoms with Crippen LogP contribution in [-0.4, -0.2) is 39.5 Å². The predicted molar refractivity (Wildman–Crippen MR) is 82.9 cm³/mol. The molecule has 0 aliphatic carbocycles. The molecular formula is C15H23NO4S. The molecule has 0 heterocycles. The van der Waals surface area contributed by atoms with Crippen molar-refractivity contribution in [3.63, 3.8) is 0 Å². The Morgan fingerprint density at radius 1 is 1.29 bits per heavy atom. The normalized spacial score (nSPS) is 12.9. The molecule has 1 N–H and O–H groups in total. The number of benzene rings is 1. The van der Waals surface area contributed by atoms with Crippen molar-refractivity contribution in [1.29, 1.82) is 0 Å². The van der Waals surface area contributed by atoms with Crippen LogP contribution >= 0.6 is 0 Å². The van der Waals surface area contributed by atoms with E-state index in [2.05, 4.69) is 10.1 Å². The van der Waals surface area contributed by atoms with Crippen LogP contribution in [0.15, 0.2) is 24.3 Å². The van der Waals surface area contributed by atoms with Crippen LogP contribution in [0.5, 0.6) is 0 Å². The van der Waals surface area contributed by atoms with Gasteiger partial charge in [-0.3, -0.25) is 4.79 Å². The van der Waals surface area contributed by atoms with E-state index in [1.54, 1.807) is 0 Å². The van der Waals surface area contributed by atoms with E-state index in [0.29, 0.717) is 6.54 Å². The minimum atomic E-state index is -3.52. The van der Waals surface area contributed by atoms with Gasteiger partial charge in [-0.15, -0.1) is 0 Å².